The lowest BCUT2D eigenvalue weighted by Crippen LogP contribution is -2.64. The molecule has 12 heteroatoms. The third-order valence-corrected chi connectivity index (χ3v) is 10.00. The van der Waals surface area contributed by atoms with E-state index in [1.54, 1.807) is 41.5 Å². The zero-order chi connectivity index (χ0) is 22.9. The van der Waals surface area contributed by atoms with Crippen LogP contribution in [-0.4, -0.2) is 57.3 Å². The Labute approximate surface area is 177 Å². The largest absolute Gasteiger partial charge is 0.543 e. The van der Waals surface area contributed by atoms with Gasteiger partial charge in [0.2, 0.25) is 0 Å². The van der Waals surface area contributed by atoms with Crippen LogP contribution in [0.15, 0.2) is 0 Å². The number of hydrogen-bond donors (Lipinski definition) is 0. The molecule has 0 heterocycles. The SMILES string of the molecule is CCO[Si](OCC)(OCC)c1c(F)c(F)c([Si](OCC)(OCC)OCC)c(F)c1F. The second-order valence-electron chi connectivity index (χ2n) is 5.72. The third kappa shape index (κ3) is 5.30. The maximum atomic E-state index is 15.3. The highest BCUT2D eigenvalue weighted by Crippen LogP contribution is 2.23. The highest BCUT2D eigenvalue weighted by molar-refractivity contribution is 6.77. The molecule has 0 fully saturated rings. The fourth-order valence-electron chi connectivity index (χ4n) is 2.99. The van der Waals surface area contributed by atoms with Gasteiger partial charge in [-0.25, -0.2) is 17.6 Å². The molecule has 1 rings (SSSR count). The molecule has 0 aromatic heterocycles. The summed E-state index contributed by atoms with van der Waals surface area (Å²) in [6.45, 7) is 9.00. The van der Waals surface area contributed by atoms with E-state index in [4.69, 9.17) is 26.6 Å². The molecular formula is C18H30F4O6Si2. The Balaban J connectivity index is 3.92. The third-order valence-electron chi connectivity index (χ3n) is 3.88. The second-order valence-corrected chi connectivity index (χ2v) is 10.7. The second kappa shape index (κ2) is 12.2. The molecule has 0 amide bonds. The van der Waals surface area contributed by atoms with Crippen LogP contribution in [0.2, 0.25) is 0 Å². The summed E-state index contributed by atoms with van der Waals surface area (Å²) in [4.78, 5) is 0. The quantitative estimate of drug-likeness (QED) is 0.235. The van der Waals surface area contributed by atoms with Crippen molar-refractivity contribution in [2.24, 2.45) is 0 Å². The molecule has 0 radical (unpaired) electrons. The molecule has 0 saturated carbocycles. The van der Waals surface area contributed by atoms with Crippen molar-refractivity contribution < 1.29 is 44.1 Å². The van der Waals surface area contributed by atoms with Gasteiger partial charge in [-0.15, -0.1) is 0 Å². The molecule has 1 aromatic carbocycles. The van der Waals surface area contributed by atoms with Crippen LogP contribution in [0.25, 0.3) is 0 Å². The molecule has 0 atom stereocenters. The van der Waals surface area contributed by atoms with E-state index in [9.17, 15) is 0 Å². The molecule has 0 aliphatic carbocycles. The minimum absolute atomic E-state index is 0.0500. The van der Waals surface area contributed by atoms with Gasteiger partial charge in [0.25, 0.3) is 0 Å². The van der Waals surface area contributed by atoms with Crippen LogP contribution >= 0.6 is 0 Å². The van der Waals surface area contributed by atoms with Gasteiger partial charge in [0.15, 0.2) is 23.3 Å². The zero-order valence-corrected chi connectivity index (χ0v) is 20.2. The minimum Gasteiger partial charge on any atom is -0.370 e. The zero-order valence-electron chi connectivity index (χ0n) is 18.2. The van der Waals surface area contributed by atoms with Crippen LogP contribution in [-0.2, 0) is 26.6 Å². The van der Waals surface area contributed by atoms with E-state index in [2.05, 4.69) is 0 Å². The summed E-state index contributed by atoms with van der Waals surface area (Å²) >= 11 is 0. The molecule has 6 nitrogen and oxygen atoms in total. The number of benzene rings is 1. The highest BCUT2D eigenvalue weighted by atomic mass is 28.4. The Morgan fingerprint density at radius 1 is 0.433 bits per heavy atom. The highest BCUT2D eigenvalue weighted by Gasteiger charge is 2.55. The lowest BCUT2D eigenvalue weighted by Gasteiger charge is -2.32. The summed E-state index contributed by atoms with van der Waals surface area (Å²) in [6.07, 6.45) is 0. The van der Waals surface area contributed by atoms with Crippen molar-refractivity contribution in [3.05, 3.63) is 23.3 Å². The van der Waals surface area contributed by atoms with Crippen molar-refractivity contribution in [2.45, 2.75) is 41.5 Å². The smallest absolute Gasteiger partial charge is 0.370 e. The Morgan fingerprint density at radius 2 is 0.600 bits per heavy atom. The summed E-state index contributed by atoms with van der Waals surface area (Å²) in [6, 6.07) is 0. The summed E-state index contributed by atoms with van der Waals surface area (Å²) in [5.74, 6) is -6.72. The summed E-state index contributed by atoms with van der Waals surface area (Å²) < 4.78 is 93.8. The Morgan fingerprint density at radius 3 is 0.733 bits per heavy atom. The Kier molecular flexibility index (Phi) is 11.1. The van der Waals surface area contributed by atoms with E-state index in [1.165, 1.54) is 0 Å². The summed E-state index contributed by atoms with van der Waals surface area (Å²) in [5, 5.41) is -2.06. The summed E-state index contributed by atoms with van der Waals surface area (Å²) in [7, 11) is -8.60. The van der Waals surface area contributed by atoms with Gasteiger partial charge >= 0.3 is 17.6 Å². The fraction of sp³-hybridized carbons (Fsp3) is 0.667. The van der Waals surface area contributed by atoms with Crippen LogP contribution in [0.4, 0.5) is 17.6 Å². The van der Waals surface area contributed by atoms with Crippen molar-refractivity contribution in [2.75, 3.05) is 39.6 Å². The van der Waals surface area contributed by atoms with E-state index in [0.717, 1.165) is 0 Å². The minimum atomic E-state index is -4.30. The molecule has 0 aliphatic heterocycles. The maximum absolute atomic E-state index is 15.3. The van der Waals surface area contributed by atoms with Gasteiger partial charge in [-0.3, -0.25) is 0 Å². The van der Waals surface area contributed by atoms with Gasteiger partial charge in [0, 0.05) is 39.6 Å². The lowest BCUT2D eigenvalue weighted by atomic mass is 10.3. The first-order chi connectivity index (χ1) is 14.3. The first-order valence-electron chi connectivity index (χ1n) is 9.96. The number of hydrogen-bond acceptors (Lipinski definition) is 6. The van der Waals surface area contributed by atoms with E-state index in [-0.39, 0.29) is 39.6 Å². The predicted octanol–water partition coefficient (Wildman–Crippen LogP) is 2.75. The monoisotopic (exact) mass is 474 g/mol. The first-order valence-corrected chi connectivity index (χ1v) is 13.4. The average Bonchev–Trinajstić information content (AvgIpc) is 2.68. The van der Waals surface area contributed by atoms with Gasteiger partial charge in [-0.1, -0.05) is 0 Å². The van der Waals surface area contributed by atoms with Crippen LogP contribution in [0.5, 0.6) is 0 Å². The molecule has 0 saturated heterocycles. The van der Waals surface area contributed by atoms with E-state index in [1.807, 2.05) is 0 Å². The van der Waals surface area contributed by atoms with Crippen LogP contribution in [0, 0.1) is 23.3 Å². The molecule has 0 aliphatic rings. The van der Waals surface area contributed by atoms with Crippen molar-refractivity contribution in [1.82, 2.24) is 0 Å². The van der Waals surface area contributed by atoms with E-state index < -0.39 is 51.3 Å². The molecule has 30 heavy (non-hydrogen) atoms. The molecule has 0 bridgehead atoms. The molecule has 0 spiro atoms. The predicted molar refractivity (Wildman–Crippen MR) is 107 cm³/mol. The van der Waals surface area contributed by atoms with Crippen LogP contribution < -0.4 is 10.4 Å². The lowest BCUT2D eigenvalue weighted by molar-refractivity contribution is 0.0813. The fourth-order valence-corrected chi connectivity index (χ4v) is 8.15. The molecule has 0 N–H and O–H groups in total. The standard InChI is InChI=1S/C18H30F4O6Si2/c1-7-23-29(24-8-2,25-9-3)17-13(19)15(21)18(16(22)14(17)20)30(26-10-4,27-11-5)28-12-6/h7-12H2,1-6H3. The van der Waals surface area contributed by atoms with E-state index in [0.29, 0.717) is 0 Å². The van der Waals surface area contributed by atoms with Crippen molar-refractivity contribution in [3.63, 3.8) is 0 Å². The average molecular weight is 475 g/mol. The topological polar surface area (TPSA) is 55.4 Å². The molecule has 1 aromatic rings. The van der Waals surface area contributed by atoms with E-state index >= 15 is 17.6 Å². The number of rotatable bonds is 14. The van der Waals surface area contributed by atoms with Crippen molar-refractivity contribution >= 4 is 28.0 Å². The van der Waals surface area contributed by atoms with Crippen LogP contribution in [0.3, 0.4) is 0 Å². The molecule has 174 valence electrons. The van der Waals surface area contributed by atoms with Gasteiger partial charge in [0.05, 0.1) is 10.4 Å². The van der Waals surface area contributed by atoms with Gasteiger partial charge in [0.1, 0.15) is 0 Å². The van der Waals surface area contributed by atoms with Crippen LogP contribution in [0.1, 0.15) is 41.5 Å². The maximum Gasteiger partial charge on any atom is 0.543 e. The normalized spacial score (nSPS) is 12.6. The Hall–Kier alpha value is -0.866. The Bertz CT molecular complexity index is 575. The van der Waals surface area contributed by atoms with Gasteiger partial charge in [-0.05, 0) is 41.5 Å². The van der Waals surface area contributed by atoms with Gasteiger partial charge < -0.3 is 26.6 Å². The molecular weight excluding hydrogens is 444 g/mol. The molecule has 0 unspecified atom stereocenters. The van der Waals surface area contributed by atoms with Crippen molar-refractivity contribution in [1.29, 1.82) is 0 Å². The first kappa shape index (κ1) is 27.2. The number of halogens is 4. The summed E-state index contributed by atoms with van der Waals surface area (Å²) in [5.41, 5.74) is 0. The van der Waals surface area contributed by atoms with Gasteiger partial charge in [-0.2, -0.15) is 0 Å². The van der Waals surface area contributed by atoms with Crippen molar-refractivity contribution in [3.8, 4) is 0 Å².